The van der Waals surface area contributed by atoms with Gasteiger partial charge in [0.15, 0.2) is 6.10 Å². The molecule has 3 rings (SSSR count). The number of aryl methyl sites for hydroxylation is 2. The molecule has 5 nitrogen and oxygen atoms in total. The van der Waals surface area contributed by atoms with Crippen LogP contribution in [0.15, 0.2) is 36.5 Å². The van der Waals surface area contributed by atoms with Crippen molar-refractivity contribution >= 4 is 5.91 Å². The van der Waals surface area contributed by atoms with Crippen LogP contribution in [-0.4, -0.2) is 39.6 Å². The monoisotopic (exact) mass is 341 g/mol. The molecule has 25 heavy (non-hydrogen) atoms. The van der Waals surface area contributed by atoms with E-state index in [9.17, 15) is 4.79 Å². The molecule has 0 saturated carbocycles. The summed E-state index contributed by atoms with van der Waals surface area (Å²) in [6, 6.07) is 9.53. The molecule has 5 heteroatoms. The van der Waals surface area contributed by atoms with Crippen LogP contribution in [0.5, 0.6) is 5.75 Å². The van der Waals surface area contributed by atoms with Crippen molar-refractivity contribution in [1.82, 2.24) is 14.5 Å². The number of nitrogens with zero attached hydrogens (tertiary/aromatic N) is 3. The number of carbonyl (C=O) groups is 1. The minimum Gasteiger partial charge on any atom is -0.481 e. The lowest BCUT2D eigenvalue weighted by Crippen LogP contribution is -2.45. The van der Waals surface area contributed by atoms with Crippen molar-refractivity contribution in [3.63, 3.8) is 0 Å². The average Bonchev–Trinajstić information content (AvgIpc) is 2.94. The Labute approximate surface area is 149 Å². The second kappa shape index (κ2) is 7.72. The average molecular weight is 341 g/mol. The van der Waals surface area contributed by atoms with Crippen molar-refractivity contribution in [3.8, 4) is 5.75 Å². The van der Waals surface area contributed by atoms with Crippen molar-refractivity contribution < 1.29 is 9.53 Å². The number of hydrogen-bond donors (Lipinski definition) is 0. The molecule has 1 aromatic heterocycles. The zero-order chi connectivity index (χ0) is 17.8. The standard InChI is InChI=1S/C20H27N3O2/c1-15-13-21-17(3)23(15)14-18-9-11-22(12-10-18)20(24)16(2)25-19-7-5-4-6-8-19/h4-8,13,16,18H,9-12,14H2,1-3H3. The van der Waals surface area contributed by atoms with Gasteiger partial charge in [-0.05, 0) is 51.7 Å². The van der Waals surface area contributed by atoms with Crippen molar-refractivity contribution in [1.29, 1.82) is 0 Å². The Hall–Kier alpha value is -2.30. The van der Waals surface area contributed by atoms with Crippen LogP contribution in [0, 0.1) is 19.8 Å². The SMILES string of the molecule is Cc1cnc(C)n1CC1CCN(C(=O)C(C)Oc2ccccc2)CC1. The molecule has 1 aliphatic heterocycles. The summed E-state index contributed by atoms with van der Waals surface area (Å²) >= 11 is 0. The van der Waals surface area contributed by atoms with Gasteiger partial charge in [-0.3, -0.25) is 4.79 Å². The third-order valence-electron chi connectivity index (χ3n) is 5.03. The van der Waals surface area contributed by atoms with E-state index < -0.39 is 6.10 Å². The van der Waals surface area contributed by atoms with Gasteiger partial charge in [0.05, 0.1) is 0 Å². The lowest BCUT2D eigenvalue weighted by Gasteiger charge is -2.34. The van der Waals surface area contributed by atoms with Crippen LogP contribution in [0.2, 0.25) is 0 Å². The highest BCUT2D eigenvalue weighted by atomic mass is 16.5. The first kappa shape index (κ1) is 17.5. The zero-order valence-electron chi connectivity index (χ0n) is 15.3. The van der Waals surface area contributed by atoms with Gasteiger partial charge < -0.3 is 14.2 Å². The maximum Gasteiger partial charge on any atom is 0.263 e. The van der Waals surface area contributed by atoms with E-state index in [4.69, 9.17) is 4.74 Å². The molecule has 0 N–H and O–H groups in total. The number of aromatic nitrogens is 2. The molecule has 0 aliphatic carbocycles. The van der Waals surface area contributed by atoms with E-state index >= 15 is 0 Å². The zero-order valence-corrected chi connectivity index (χ0v) is 15.3. The fourth-order valence-corrected chi connectivity index (χ4v) is 3.46. The number of carbonyl (C=O) groups excluding carboxylic acids is 1. The molecule has 0 bridgehead atoms. The largest absolute Gasteiger partial charge is 0.481 e. The molecule has 2 heterocycles. The van der Waals surface area contributed by atoms with Gasteiger partial charge in [0.2, 0.25) is 0 Å². The second-order valence-electron chi connectivity index (χ2n) is 6.90. The smallest absolute Gasteiger partial charge is 0.263 e. The highest BCUT2D eigenvalue weighted by molar-refractivity contribution is 5.81. The quantitative estimate of drug-likeness (QED) is 0.839. The highest BCUT2D eigenvalue weighted by Crippen LogP contribution is 2.22. The number of hydrogen-bond acceptors (Lipinski definition) is 3. The number of amides is 1. The predicted molar refractivity (Wildman–Crippen MR) is 97.5 cm³/mol. The fourth-order valence-electron chi connectivity index (χ4n) is 3.46. The Morgan fingerprint density at radius 2 is 1.92 bits per heavy atom. The molecular weight excluding hydrogens is 314 g/mol. The highest BCUT2D eigenvalue weighted by Gasteiger charge is 2.27. The summed E-state index contributed by atoms with van der Waals surface area (Å²) in [7, 11) is 0. The molecule has 1 atom stereocenters. The molecule has 2 aromatic rings. The Bertz CT molecular complexity index is 683. The Morgan fingerprint density at radius 3 is 2.52 bits per heavy atom. The van der Waals surface area contributed by atoms with Gasteiger partial charge in [-0.1, -0.05) is 18.2 Å². The van der Waals surface area contributed by atoms with Crippen molar-refractivity contribution in [2.24, 2.45) is 5.92 Å². The Balaban J connectivity index is 1.50. The molecule has 1 aliphatic rings. The van der Waals surface area contributed by atoms with E-state index in [0.717, 1.165) is 44.0 Å². The number of likely N-dealkylation sites (tertiary alicyclic amines) is 1. The van der Waals surface area contributed by atoms with Gasteiger partial charge in [-0.15, -0.1) is 0 Å². The summed E-state index contributed by atoms with van der Waals surface area (Å²) in [4.78, 5) is 18.9. The molecule has 1 saturated heterocycles. The first-order valence-electron chi connectivity index (χ1n) is 9.04. The molecule has 0 radical (unpaired) electrons. The number of imidazole rings is 1. The Morgan fingerprint density at radius 1 is 1.24 bits per heavy atom. The number of rotatable bonds is 5. The van der Waals surface area contributed by atoms with E-state index in [1.165, 1.54) is 5.69 Å². The molecular formula is C20H27N3O2. The van der Waals surface area contributed by atoms with Gasteiger partial charge in [0.25, 0.3) is 5.91 Å². The number of ether oxygens (including phenoxy) is 1. The van der Waals surface area contributed by atoms with Gasteiger partial charge in [0.1, 0.15) is 11.6 Å². The molecule has 1 unspecified atom stereocenters. The molecule has 1 fully saturated rings. The minimum atomic E-state index is -0.447. The maximum absolute atomic E-state index is 12.6. The molecule has 1 amide bonds. The lowest BCUT2D eigenvalue weighted by atomic mass is 9.96. The van der Waals surface area contributed by atoms with Gasteiger partial charge in [0, 0.05) is 31.5 Å². The molecule has 134 valence electrons. The number of benzene rings is 1. The van der Waals surface area contributed by atoms with Crippen LogP contribution in [-0.2, 0) is 11.3 Å². The second-order valence-corrected chi connectivity index (χ2v) is 6.90. The normalized spacial score (nSPS) is 16.7. The summed E-state index contributed by atoms with van der Waals surface area (Å²) in [6.45, 7) is 8.59. The van der Waals surface area contributed by atoms with Crippen LogP contribution in [0.4, 0.5) is 0 Å². The van der Waals surface area contributed by atoms with Crippen LogP contribution in [0.1, 0.15) is 31.3 Å². The van der Waals surface area contributed by atoms with Crippen LogP contribution >= 0.6 is 0 Å². The van der Waals surface area contributed by atoms with Crippen LogP contribution in [0.25, 0.3) is 0 Å². The van der Waals surface area contributed by atoms with E-state index in [1.54, 1.807) is 0 Å². The van der Waals surface area contributed by atoms with Gasteiger partial charge >= 0.3 is 0 Å². The summed E-state index contributed by atoms with van der Waals surface area (Å²) in [6.07, 6.45) is 3.54. The maximum atomic E-state index is 12.6. The van der Waals surface area contributed by atoms with E-state index in [2.05, 4.69) is 16.5 Å². The van der Waals surface area contributed by atoms with Crippen molar-refractivity contribution in [2.45, 2.75) is 46.3 Å². The van der Waals surface area contributed by atoms with E-state index in [1.807, 2.05) is 55.3 Å². The number of piperidine rings is 1. The predicted octanol–water partition coefficient (Wildman–Crippen LogP) is 3.21. The summed E-state index contributed by atoms with van der Waals surface area (Å²) in [5.74, 6) is 2.49. The minimum absolute atomic E-state index is 0.0808. The molecule has 1 aromatic carbocycles. The summed E-state index contributed by atoms with van der Waals surface area (Å²) < 4.78 is 8.05. The summed E-state index contributed by atoms with van der Waals surface area (Å²) in [5, 5.41) is 0. The van der Waals surface area contributed by atoms with Gasteiger partial charge in [-0.25, -0.2) is 4.98 Å². The van der Waals surface area contributed by atoms with E-state index in [0.29, 0.717) is 5.92 Å². The van der Waals surface area contributed by atoms with E-state index in [-0.39, 0.29) is 5.91 Å². The third-order valence-corrected chi connectivity index (χ3v) is 5.03. The first-order chi connectivity index (χ1) is 12.0. The number of para-hydroxylation sites is 1. The third kappa shape index (κ3) is 4.21. The van der Waals surface area contributed by atoms with Crippen LogP contribution in [0.3, 0.4) is 0 Å². The van der Waals surface area contributed by atoms with Crippen LogP contribution < -0.4 is 4.74 Å². The van der Waals surface area contributed by atoms with Crippen molar-refractivity contribution in [3.05, 3.63) is 48.0 Å². The first-order valence-corrected chi connectivity index (χ1v) is 9.04. The fraction of sp³-hybridized carbons (Fsp3) is 0.500. The Kier molecular flexibility index (Phi) is 5.41. The van der Waals surface area contributed by atoms with Gasteiger partial charge in [-0.2, -0.15) is 0 Å². The topological polar surface area (TPSA) is 47.4 Å². The lowest BCUT2D eigenvalue weighted by molar-refractivity contribution is -0.139. The molecule has 0 spiro atoms. The summed E-state index contributed by atoms with van der Waals surface area (Å²) in [5.41, 5.74) is 1.21. The van der Waals surface area contributed by atoms with Crippen molar-refractivity contribution in [2.75, 3.05) is 13.1 Å².